The lowest BCUT2D eigenvalue weighted by atomic mass is 10.0. The third-order valence-electron chi connectivity index (χ3n) is 3.19. The Bertz CT molecular complexity index is 716. The molecular weight excluding hydrogens is 325 g/mol. The van der Waals surface area contributed by atoms with E-state index in [0.29, 0.717) is 5.56 Å². The van der Waals surface area contributed by atoms with E-state index in [1.807, 2.05) is 0 Å². The zero-order chi connectivity index (χ0) is 17.7. The van der Waals surface area contributed by atoms with E-state index in [2.05, 4.69) is 10.3 Å². The highest BCUT2D eigenvalue weighted by molar-refractivity contribution is 5.94. The van der Waals surface area contributed by atoms with Crippen LogP contribution in [0.25, 0.3) is 0 Å². The molecule has 0 radical (unpaired) electrons. The van der Waals surface area contributed by atoms with Crippen molar-refractivity contribution in [3.63, 3.8) is 0 Å². The molecule has 0 bridgehead atoms. The number of hydrogen-bond acceptors (Lipinski definition) is 3. The van der Waals surface area contributed by atoms with E-state index in [1.54, 1.807) is 18.2 Å². The average molecular weight is 338 g/mol. The van der Waals surface area contributed by atoms with Gasteiger partial charge < -0.3 is 10.4 Å². The summed E-state index contributed by atoms with van der Waals surface area (Å²) in [5.41, 5.74) is 0.0230. The van der Waals surface area contributed by atoms with Crippen molar-refractivity contribution in [1.29, 1.82) is 0 Å². The number of amides is 1. The lowest BCUT2D eigenvalue weighted by Gasteiger charge is -2.20. The molecule has 2 N–H and O–H groups in total. The fourth-order valence-corrected chi connectivity index (χ4v) is 2.06. The summed E-state index contributed by atoms with van der Waals surface area (Å²) in [6.45, 7) is 0. The number of nitrogens with zero attached hydrogens (tertiary/aromatic N) is 1. The normalized spacial score (nSPS) is 12.5. The van der Waals surface area contributed by atoms with Crippen LogP contribution in [0.5, 0.6) is 0 Å². The maximum atomic E-state index is 12.8. The van der Waals surface area contributed by atoms with E-state index < -0.39 is 30.5 Å². The molecule has 0 fully saturated rings. The van der Waals surface area contributed by atoms with Crippen LogP contribution in [-0.4, -0.2) is 28.1 Å². The van der Waals surface area contributed by atoms with E-state index in [1.165, 1.54) is 12.1 Å². The summed E-state index contributed by atoms with van der Waals surface area (Å²) < 4.78 is 38.3. The van der Waals surface area contributed by atoms with Gasteiger partial charge in [0.1, 0.15) is 5.69 Å². The van der Waals surface area contributed by atoms with Crippen LogP contribution in [0.2, 0.25) is 0 Å². The second-order valence-electron chi connectivity index (χ2n) is 4.99. The Morgan fingerprint density at radius 1 is 1.12 bits per heavy atom. The zero-order valence-corrected chi connectivity index (χ0v) is 12.2. The number of hydrogen-bond donors (Lipinski definition) is 2. The number of alkyl halides is 3. The van der Waals surface area contributed by atoms with Gasteiger partial charge in [0.15, 0.2) is 0 Å². The van der Waals surface area contributed by atoms with Gasteiger partial charge in [-0.1, -0.05) is 30.3 Å². The summed E-state index contributed by atoms with van der Waals surface area (Å²) in [6.07, 6.45) is -4.72. The van der Waals surface area contributed by atoms with E-state index in [4.69, 9.17) is 5.11 Å². The summed E-state index contributed by atoms with van der Waals surface area (Å²) in [5.74, 6) is -2.03. The van der Waals surface area contributed by atoms with E-state index >= 15 is 0 Å². The van der Waals surface area contributed by atoms with Crippen molar-refractivity contribution in [2.75, 3.05) is 0 Å². The number of pyridine rings is 1. The second kappa shape index (κ2) is 7.12. The van der Waals surface area contributed by atoms with E-state index in [9.17, 15) is 22.8 Å². The van der Waals surface area contributed by atoms with Gasteiger partial charge in [0.05, 0.1) is 18.0 Å². The summed E-state index contributed by atoms with van der Waals surface area (Å²) in [6, 6.07) is 8.81. The summed E-state index contributed by atoms with van der Waals surface area (Å²) in [5, 5.41) is 11.1. The minimum absolute atomic E-state index is 0.124. The van der Waals surface area contributed by atoms with Crippen molar-refractivity contribution in [2.24, 2.45) is 0 Å². The minimum atomic E-state index is -4.46. The van der Waals surface area contributed by atoms with Crippen LogP contribution in [0.3, 0.4) is 0 Å². The zero-order valence-electron chi connectivity index (χ0n) is 12.2. The molecule has 24 heavy (non-hydrogen) atoms. The van der Waals surface area contributed by atoms with Crippen LogP contribution < -0.4 is 5.32 Å². The number of carbonyl (C=O) groups excluding carboxylic acids is 1. The smallest absolute Gasteiger partial charge is 0.391 e. The molecule has 0 saturated carbocycles. The maximum absolute atomic E-state index is 12.8. The number of carboxylic acid groups (broad SMARTS) is 1. The van der Waals surface area contributed by atoms with Crippen LogP contribution in [0.1, 0.15) is 38.9 Å². The minimum Gasteiger partial charge on any atom is -0.478 e. The van der Waals surface area contributed by atoms with Crippen molar-refractivity contribution in [2.45, 2.75) is 18.6 Å². The first-order valence-electron chi connectivity index (χ1n) is 6.88. The van der Waals surface area contributed by atoms with Gasteiger partial charge in [-0.25, -0.2) is 4.79 Å². The Kier molecular flexibility index (Phi) is 5.18. The first kappa shape index (κ1) is 17.5. The topological polar surface area (TPSA) is 79.3 Å². The van der Waals surface area contributed by atoms with Gasteiger partial charge in [-0.2, -0.15) is 13.2 Å². The number of nitrogens with one attached hydrogen (secondary N) is 1. The molecule has 126 valence electrons. The third kappa shape index (κ3) is 4.80. The van der Waals surface area contributed by atoms with Crippen LogP contribution >= 0.6 is 0 Å². The van der Waals surface area contributed by atoms with Gasteiger partial charge in [0, 0.05) is 6.20 Å². The van der Waals surface area contributed by atoms with Gasteiger partial charge in [0.2, 0.25) is 0 Å². The Morgan fingerprint density at radius 2 is 1.79 bits per heavy atom. The molecular formula is C16H13F3N2O3. The molecule has 1 aromatic carbocycles. The predicted molar refractivity (Wildman–Crippen MR) is 78.5 cm³/mol. The van der Waals surface area contributed by atoms with Gasteiger partial charge in [0.25, 0.3) is 5.91 Å². The Hall–Kier alpha value is -2.90. The molecule has 8 heteroatoms. The highest BCUT2D eigenvalue weighted by atomic mass is 19.4. The van der Waals surface area contributed by atoms with Crippen molar-refractivity contribution >= 4 is 11.9 Å². The SMILES string of the molecule is O=C(O)c1ccc(C(=O)NC(CC(F)(F)F)c2ccccc2)nc1. The van der Waals surface area contributed by atoms with Crippen molar-refractivity contribution in [3.8, 4) is 0 Å². The number of benzene rings is 1. The number of carboxylic acids is 1. The number of aromatic nitrogens is 1. The van der Waals surface area contributed by atoms with Gasteiger partial charge in [-0.15, -0.1) is 0 Å². The molecule has 2 aromatic rings. The molecule has 1 heterocycles. The maximum Gasteiger partial charge on any atom is 0.391 e. The molecule has 1 aromatic heterocycles. The average Bonchev–Trinajstić information content (AvgIpc) is 2.54. The molecule has 5 nitrogen and oxygen atoms in total. The Labute approximate surface area is 135 Å². The predicted octanol–water partition coefficient (Wildman–Crippen LogP) is 3.20. The second-order valence-corrected chi connectivity index (χ2v) is 4.99. The number of rotatable bonds is 5. The molecule has 0 spiro atoms. The first-order chi connectivity index (χ1) is 11.3. The lowest BCUT2D eigenvalue weighted by Crippen LogP contribution is -2.32. The number of carbonyl (C=O) groups is 2. The summed E-state index contributed by atoms with van der Waals surface area (Å²) in [4.78, 5) is 26.5. The third-order valence-corrected chi connectivity index (χ3v) is 3.19. The summed E-state index contributed by atoms with van der Waals surface area (Å²) >= 11 is 0. The van der Waals surface area contributed by atoms with Crippen molar-refractivity contribution < 1.29 is 27.9 Å². The first-order valence-corrected chi connectivity index (χ1v) is 6.88. The van der Waals surface area contributed by atoms with Crippen LogP contribution in [0, 0.1) is 0 Å². The standard InChI is InChI=1S/C16H13F3N2O3/c17-16(18,19)8-13(10-4-2-1-3-5-10)21-14(22)12-7-6-11(9-20-12)15(23)24/h1-7,9,13H,8H2,(H,21,22)(H,23,24). The fraction of sp³-hybridized carbons (Fsp3) is 0.188. The molecule has 0 aliphatic carbocycles. The van der Waals surface area contributed by atoms with Crippen LogP contribution in [-0.2, 0) is 0 Å². The van der Waals surface area contributed by atoms with Crippen LogP contribution in [0.15, 0.2) is 48.7 Å². The molecule has 1 unspecified atom stereocenters. The van der Waals surface area contributed by atoms with Gasteiger partial charge in [-0.3, -0.25) is 9.78 Å². The Balaban J connectivity index is 2.19. The Morgan fingerprint density at radius 3 is 2.29 bits per heavy atom. The molecule has 1 amide bonds. The van der Waals surface area contributed by atoms with Crippen LogP contribution in [0.4, 0.5) is 13.2 Å². The van der Waals surface area contributed by atoms with E-state index in [-0.39, 0.29) is 11.3 Å². The largest absolute Gasteiger partial charge is 0.478 e. The van der Waals surface area contributed by atoms with E-state index in [0.717, 1.165) is 18.3 Å². The highest BCUT2D eigenvalue weighted by Gasteiger charge is 2.33. The van der Waals surface area contributed by atoms with Crippen molar-refractivity contribution in [3.05, 3.63) is 65.5 Å². The number of aromatic carboxylic acids is 1. The molecule has 0 aliphatic heterocycles. The monoisotopic (exact) mass is 338 g/mol. The fourth-order valence-electron chi connectivity index (χ4n) is 2.06. The summed E-state index contributed by atoms with van der Waals surface area (Å²) in [7, 11) is 0. The number of halogens is 3. The van der Waals surface area contributed by atoms with Gasteiger partial charge in [-0.05, 0) is 17.7 Å². The molecule has 2 rings (SSSR count). The molecule has 1 atom stereocenters. The quantitative estimate of drug-likeness (QED) is 0.877. The highest BCUT2D eigenvalue weighted by Crippen LogP contribution is 2.29. The lowest BCUT2D eigenvalue weighted by molar-refractivity contribution is -0.139. The molecule has 0 aliphatic rings. The van der Waals surface area contributed by atoms with Gasteiger partial charge >= 0.3 is 12.1 Å². The van der Waals surface area contributed by atoms with Crippen molar-refractivity contribution in [1.82, 2.24) is 10.3 Å². The molecule has 0 saturated heterocycles.